The number of sulfonamides is 1. The van der Waals surface area contributed by atoms with E-state index < -0.39 is 10.0 Å². The van der Waals surface area contributed by atoms with Gasteiger partial charge in [0.05, 0.1) is 5.69 Å². The molecular formula is C13H18N4O2S. The zero-order valence-electron chi connectivity index (χ0n) is 11.7. The quantitative estimate of drug-likeness (QED) is 0.750. The highest BCUT2D eigenvalue weighted by Crippen LogP contribution is 2.24. The maximum Gasteiger partial charge on any atom is 0.265 e. The molecule has 2 aromatic rings. The summed E-state index contributed by atoms with van der Waals surface area (Å²) in [6, 6.07) is 4.89. The smallest absolute Gasteiger partial charge is 0.265 e. The number of aryl methyl sites for hydroxylation is 3. The lowest BCUT2D eigenvalue weighted by Crippen LogP contribution is -2.15. The number of rotatable bonds is 4. The van der Waals surface area contributed by atoms with Crippen LogP contribution >= 0.6 is 0 Å². The van der Waals surface area contributed by atoms with E-state index >= 15 is 0 Å². The molecule has 0 bridgehead atoms. The van der Waals surface area contributed by atoms with Crippen molar-refractivity contribution >= 4 is 21.5 Å². The highest BCUT2D eigenvalue weighted by molar-refractivity contribution is 7.92. The van der Waals surface area contributed by atoms with Crippen LogP contribution in [0.4, 0.5) is 11.5 Å². The fourth-order valence-electron chi connectivity index (χ4n) is 1.83. The number of H-pyrrole nitrogens is 1. The van der Waals surface area contributed by atoms with E-state index in [1.54, 1.807) is 18.2 Å². The number of aromatic nitrogens is 2. The van der Waals surface area contributed by atoms with Gasteiger partial charge in [-0.25, -0.2) is 8.42 Å². The standard InChI is InChI=1S/C13H18N4O2S/c1-4-10-7-13(16-15-10)17-20(18,19)12-6-9(3)8(2)5-11(12)14/h5-7H,4,14H2,1-3H3,(H2,15,16,17). The Morgan fingerprint density at radius 3 is 2.50 bits per heavy atom. The minimum atomic E-state index is -3.74. The number of aromatic amines is 1. The number of hydrogen-bond donors (Lipinski definition) is 3. The van der Waals surface area contributed by atoms with Crippen molar-refractivity contribution in [2.24, 2.45) is 0 Å². The normalized spacial score (nSPS) is 11.6. The Bertz CT molecular complexity index is 735. The second-order valence-corrected chi connectivity index (χ2v) is 6.36. The third kappa shape index (κ3) is 2.77. The minimum Gasteiger partial charge on any atom is -0.398 e. The molecule has 1 aromatic heterocycles. The summed E-state index contributed by atoms with van der Waals surface area (Å²) in [7, 11) is -3.74. The molecule has 1 aromatic carbocycles. The number of benzene rings is 1. The predicted octanol–water partition coefficient (Wildman–Crippen LogP) is 1.97. The van der Waals surface area contributed by atoms with Crippen LogP contribution in [0.2, 0.25) is 0 Å². The van der Waals surface area contributed by atoms with E-state index in [1.165, 1.54) is 0 Å². The van der Waals surface area contributed by atoms with E-state index in [1.807, 2.05) is 20.8 Å². The number of hydrogen-bond acceptors (Lipinski definition) is 4. The maximum absolute atomic E-state index is 12.3. The second-order valence-electron chi connectivity index (χ2n) is 4.71. The summed E-state index contributed by atoms with van der Waals surface area (Å²) in [6.45, 7) is 5.68. The van der Waals surface area contributed by atoms with Gasteiger partial charge in [0, 0.05) is 11.8 Å². The molecule has 20 heavy (non-hydrogen) atoms. The Labute approximate surface area is 118 Å². The first-order chi connectivity index (χ1) is 9.33. The molecule has 0 unspecified atom stereocenters. The zero-order chi connectivity index (χ0) is 14.9. The van der Waals surface area contributed by atoms with Crippen molar-refractivity contribution in [3.05, 3.63) is 35.0 Å². The summed E-state index contributed by atoms with van der Waals surface area (Å²) < 4.78 is 27.1. The summed E-state index contributed by atoms with van der Waals surface area (Å²) in [6.07, 6.45) is 0.751. The summed E-state index contributed by atoms with van der Waals surface area (Å²) in [5.41, 5.74) is 8.72. The van der Waals surface area contributed by atoms with E-state index in [2.05, 4.69) is 14.9 Å². The van der Waals surface area contributed by atoms with E-state index in [0.29, 0.717) is 0 Å². The molecule has 0 amide bonds. The Hall–Kier alpha value is -2.02. The molecule has 4 N–H and O–H groups in total. The van der Waals surface area contributed by atoms with Gasteiger partial charge < -0.3 is 5.73 Å². The third-order valence-electron chi connectivity index (χ3n) is 3.17. The van der Waals surface area contributed by atoms with Crippen LogP contribution < -0.4 is 10.5 Å². The molecule has 0 saturated carbocycles. The summed E-state index contributed by atoms with van der Waals surface area (Å²) in [5, 5.41) is 6.67. The molecule has 0 atom stereocenters. The number of nitrogens with zero attached hydrogens (tertiary/aromatic N) is 1. The van der Waals surface area contributed by atoms with Gasteiger partial charge >= 0.3 is 0 Å². The fraction of sp³-hybridized carbons (Fsp3) is 0.308. The second kappa shape index (κ2) is 5.16. The largest absolute Gasteiger partial charge is 0.398 e. The van der Waals surface area contributed by atoms with E-state index in [0.717, 1.165) is 23.2 Å². The number of nitrogens with two attached hydrogens (primary N) is 1. The van der Waals surface area contributed by atoms with Crippen molar-refractivity contribution in [3.8, 4) is 0 Å². The Morgan fingerprint density at radius 1 is 1.25 bits per heavy atom. The summed E-state index contributed by atoms with van der Waals surface area (Å²) in [4.78, 5) is 0.0710. The molecule has 0 aliphatic heterocycles. The van der Waals surface area contributed by atoms with Gasteiger partial charge in [0.1, 0.15) is 4.90 Å². The van der Waals surface area contributed by atoms with Crippen LogP contribution in [0, 0.1) is 13.8 Å². The van der Waals surface area contributed by atoms with Crippen molar-refractivity contribution in [1.29, 1.82) is 0 Å². The average molecular weight is 294 g/mol. The van der Waals surface area contributed by atoms with Crippen molar-refractivity contribution < 1.29 is 8.42 Å². The number of nitrogen functional groups attached to an aromatic ring is 1. The highest BCUT2D eigenvalue weighted by atomic mass is 32.2. The maximum atomic E-state index is 12.3. The predicted molar refractivity (Wildman–Crippen MR) is 79.1 cm³/mol. The number of nitrogens with one attached hydrogen (secondary N) is 2. The van der Waals surface area contributed by atoms with Crippen molar-refractivity contribution in [2.45, 2.75) is 32.1 Å². The molecule has 7 heteroatoms. The molecule has 0 radical (unpaired) electrons. The van der Waals surface area contributed by atoms with Gasteiger partial charge in [-0.05, 0) is 43.5 Å². The lowest BCUT2D eigenvalue weighted by atomic mass is 10.1. The first kappa shape index (κ1) is 14.4. The van der Waals surface area contributed by atoms with Crippen LogP contribution in [0.5, 0.6) is 0 Å². The van der Waals surface area contributed by atoms with Crippen LogP contribution in [0.3, 0.4) is 0 Å². The Morgan fingerprint density at radius 2 is 1.90 bits per heavy atom. The molecule has 0 aliphatic carbocycles. The van der Waals surface area contributed by atoms with Gasteiger partial charge in [0.25, 0.3) is 10.0 Å². The van der Waals surface area contributed by atoms with Crippen LogP contribution in [0.25, 0.3) is 0 Å². The molecule has 1 heterocycles. The van der Waals surface area contributed by atoms with E-state index in [-0.39, 0.29) is 16.4 Å². The highest BCUT2D eigenvalue weighted by Gasteiger charge is 2.19. The molecule has 2 rings (SSSR count). The Balaban J connectivity index is 2.37. The van der Waals surface area contributed by atoms with Crippen LogP contribution in [-0.4, -0.2) is 18.6 Å². The van der Waals surface area contributed by atoms with Crippen LogP contribution in [0.15, 0.2) is 23.1 Å². The molecule has 6 nitrogen and oxygen atoms in total. The first-order valence-electron chi connectivity index (χ1n) is 6.27. The van der Waals surface area contributed by atoms with Crippen molar-refractivity contribution in [3.63, 3.8) is 0 Å². The van der Waals surface area contributed by atoms with Gasteiger partial charge in [-0.2, -0.15) is 5.10 Å². The summed E-state index contributed by atoms with van der Waals surface area (Å²) in [5.74, 6) is 0.263. The van der Waals surface area contributed by atoms with E-state index in [4.69, 9.17) is 5.73 Å². The van der Waals surface area contributed by atoms with Crippen molar-refractivity contribution in [2.75, 3.05) is 10.5 Å². The third-order valence-corrected chi connectivity index (χ3v) is 4.58. The molecular weight excluding hydrogens is 276 g/mol. The lowest BCUT2D eigenvalue weighted by Gasteiger charge is -2.10. The van der Waals surface area contributed by atoms with Crippen LogP contribution in [0.1, 0.15) is 23.7 Å². The fourth-order valence-corrected chi connectivity index (χ4v) is 3.02. The molecule has 0 fully saturated rings. The zero-order valence-corrected chi connectivity index (χ0v) is 12.5. The van der Waals surface area contributed by atoms with Gasteiger partial charge in [0.2, 0.25) is 0 Å². The van der Waals surface area contributed by atoms with Gasteiger partial charge in [-0.3, -0.25) is 9.82 Å². The van der Waals surface area contributed by atoms with Gasteiger partial charge in [-0.15, -0.1) is 0 Å². The minimum absolute atomic E-state index is 0.0710. The van der Waals surface area contributed by atoms with E-state index in [9.17, 15) is 8.42 Å². The summed E-state index contributed by atoms with van der Waals surface area (Å²) >= 11 is 0. The monoisotopic (exact) mass is 294 g/mol. The topological polar surface area (TPSA) is 101 Å². The van der Waals surface area contributed by atoms with Crippen LogP contribution in [-0.2, 0) is 16.4 Å². The average Bonchev–Trinajstić information content (AvgIpc) is 2.80. The first-order valence-corrected chi connectivity index (χ1v) is 7.75. The molecule has 108 valence electrons. The Kier molecular flexibility index (Phi) is 3.71. The van der Waals surface area contributed by atoms with Crippen molar-refractivity contribution in [1.82, 2.24) is 10.2 Å². The number of anilines is 2. The molecule has 0 saturated heterocycles. The van der Waals surface area contributed by atoms with Gasteiger partial charge in [-0.1, -0.05) is 6.92 Å². The van der Waals surface area contributed by atoms with Gasteiger partial charge in [0.15, 0.2) is 5.82 Å². The molecule has 0 spiro atoms. The molecule has 0 aliphatic rings. The SMILES string of the molecule is CCc1cc(NS(=O)(=O)c2cc(C)c(C)cc2N)n[nH]1. The lowest BCUT2D eigenvalue weighted by molar-refractivity contribution is 0.601.